The van der Waals surface area contributed by atoms with Crippen molar-refractivity contribution in [1.29, 1.82) is 0 Å². The molecule has 0 radical (unpaired) electrons. The van der Waals surface area contributed by atoms with Crippen LogP contribution in [0.1, 0.15) is 13.3 Å². The van der Waals surface area contributed by atoms with Crippen molar-refractivity contribution in [2.45, 2.75) is 25.4 Å². The summed E-state index contributed by atoms with van der Waals surface area (Å²) in [5, 5.41) is 3.41. The molecule has 0 bridgehead atoms. The molecule has 2 saturated heterocycles. The van der Waals surface area contributed by atoms with Crippen LogP contribution in [0.25, 0.3) is 0 Å². The monoisotopic (exact) mass is 170 g/mol. The number of nitrogens with one attached hydrogen (secondary N) is 1. The van der Waals surface area contributed by atoms with Crippen molar-refractivity contribution in [1.82, 2.24) is 10.2 Å². The molecule has 3 heteroatoms. The number of hydrogen-bond donors (Lipinski definition) is 1. The minimum atomic E-state index is 0.614. The highest BCUT2D eigenvalue weighted by atomic mass is 16.5. The van der Waals surface area contributed by atoms with Crippen molar-refractivity contribution < 1.29 is 4.74 Å². The van der Waals surface area contributed by atoms with Gasteiger partial charge in [0.15, 0.2) is 0 Å². The van der Waals surface area contributed by atoms with Gasteiger partial charge in [0.05, 0.1) is 13.2 Å². The maximum atomic E-state index is 5.41. The molecule has 2 fully saturated rings. The van der Waals surface area contributed by atoms with E-state index in [1.807, 2.05) is 0 Å². The molecule has 0 aromatic heterocycles. The molecule has 2 rings (SSSR count). The van der Waals surface area contributed by atoms with Crippen molar-refractivity contribution in [3.8, 4) is 0 Å². The maximum Gasteiger partial charge on any atom is 0.0619 e. The molecule has 3 nitrogen and oxygen atoms in total. The van der Waals surface area contributed by atoms with E-state index in [1.54, 1.807) is 0 Å². The van der Waals surface area contributed by atoms with Crippen LogP contribution in [-0.4, -0.2) is 49.8 Å². The highest BCUT2D eigenvalue weighted by Crippen LogP contribution is 2.15. The Morgan fingerprint density at radius 1 is 1.50 bits per heavy atom. The van der Waals surface area contributed by atoms with Gasteiger partial charge in [-0.25, -0.2) is 0 Å². The minimum absolute atomic E-state index is 0.614. The lowest BCUT2D eigenvalue weighted by Crippen LogP contribution is -2.50. The average molecular weight is 170 g/mol. The van der Waals surface area contributed by atoms with Crippen molar-refractivity contribution >= 4 is 0 Å². The van der Waals surface area contributed by atoms with Crippen molar-refractivity contribution in [2.75, 3.05) is 32.8 Å². The quantitative estimate of drug-likeness (QED) is 0.602. The van der Waals surface area contributed by atoms with Crippen molar-refractivity contribution in [2.24, 2.45) is 0 Å². The molecule has 0 aromatic rings. The Morgan fingerprint density at radius 3 is 3.08 bits per heavy atom. The van der Waals surface area contributed by atoms with Gasteiger partial charge in [-0.1, -0.05) is 0 Å². The first-order valence-corrected chi connectivity index (χ1v) is 4.92. The van der Waals surface area contributed by atoms with E-state index in [1.165, 1.54) is 19.5 Å². The SMILES string of the molecule is C[C@H]1COCCN1[C@H]1CCNC1. The molecular weight excluding hydrogens is 152 g/mol. The summed E-state index contributed by atoms with van der Waals surface area (Å²) < 4.78 is 5.41. The third-order valence-electron chi connectivity index (χ3n) is 2.92. The second-order valence-electron chi connectivity index (χ2n) is 3.81. The van der Waals surface area contributed by atoms with E-state index >= 15 is 0 Å². The van der Waals surface area contributed by atoms with Gasteiger partial charge in [0.2, 0.25) is 0 Å². The molecule has 1 N–H and O–H groups in total. The lowest BCUT2D eigenvalue weighted by molar-refractivity contribution is -0.0180. The third-order valence-corrected chi connectivity index (χ3v) is 2.92. The van der Waals surface area contributed by atoms with E-state index in [9.17, 15) is 0 Å². The molecule has 0 saturated carbocycles. The lowest BCUT2D eigenvalue weighted by Gasteiger charge is -2.37. The van der Waals surface area contributed by atoms with E-state index in [-0.39, 0.29) is 0 Å². The van der Waals surface area contributed by atoms with Gasteiger partial charge in [0.25, 0.3) is 0 Å². The van der Waals surface area contributed by atoms with E-state index in [4.69, 9.17) is 4.74 Å². The molecule has 0 unspecified atom stereocenters. The normalized spacial score (nSPS) is 38.8. The van der Waals surface area contributed by atoms with Crippen LogP contribution < -0.4 is 5.32 Å². The van der Waals surface area contributed by atoms with Crippen LogP contribution in [0.4, 0.5) is 0 Å². The second-order valence-corrected chi connectivity index (χ2v) is 3.81. The van der Waals surface area contributed by atoms with Crippen LogP contribution in [0.15, 0.2) is 0 Å². The molecule has 0 spiro atoms. The van der Waals surface area contributed by atoms with Crippen LogP contribution in [0.3, 0.4) is 0 Å². The summed E-state index contributed by atoms with van der Waals surface area (Å²) in [5.74, 6) is 0. The summed E-state index contributed by atoms with van der Waals surface area (Å²) in [6, 6.07) is 1.38. The highest BCUT2D eigenvalue weighted by molar-refractivity contribution is 4.85. The van der Waals surface area contributed by atoms with E-state index < -0.39 is 0 Å². The Labute approximate surface area is 74.1 Å². The topological polar surface area (TPSA) is 24.5 Å². The number of ether oxygens (including phenoxy) is 1. The highest BCUT2D eigenvalue weighted by Gasteiger charge is 2.28. The van der Waals surface area contributed by atoms with Gasteiger partial charge in [-0.05, 0) is 19.9 Å². The maximum absolute atomic E-state index is 5.41. The first kappa shape index (κ1) is 8.48. The second kappa shape index (κ2) is 3.73. The first-order chi connectivity index (χ1) is 5.88. The Balaban J connectivity index is 1.91. The number of rotatable bonds is 1. The summed E-state index contributed by atoms with van der Waals surface area (Å²) in [6.07, 6.45) is 1.31. The fourth-order valence-electron chi connectivity index (χ4n) is 2.20. The van der Waals surface area contributed by atoms with Gasteiger partial charge in [0, 0.05) is 25.2 Å². The zero-order valence-electron chi connectivity index (χ0n) is 7.75. The minimum Gasteiger partial charge on any atom is -0.379 e. The molecule has 0 aliphatic carbocycles. The zero-order chi connectivity index (χ0) is 8.39. The molecule has 70 valence electrons. The molecule has 2 aliphatic rings. The molecule has 2 atom stereocenters. The van der Waals surface area contributed by atoms with Gasteiger partial charge >= 0.3 is 0 Å². The largest absolute Gasteiger partial charge is 0.379 e. The molecule has 0 amide bonds. The standard InChI is InChI=1S/C9H18N2O/c1-8-7-12-5-4-11(8)9-2-3-10-6-9/h8-10H,2-7H2,1H3/t8-,9-/m0/s1. The smallest absolute Gasteiger partial charge is 0.0619 e. The van der Waals surface area contributed by atoms with Gasteiger partial charge in [-0.2, -0.15) is 0 Å². The fraction of sp³-hybridized carbons (Fsp3) is 1.00. The molecule has 2 aliphatic heterocycles. The molecular formula is C9H18N2O. The molecule has 2 heterocycles. The van der Waals surface area contributed by atoms with Gasteiger partial charge in [-0.3, -0.25) is 4.90 Å². The fourth-order valence-corrected chi connectivity index (χ4v) is 2.20. The van der Waals surface area contributed by atoms with Crippen LogP contribution in [0.2, 0.25) is 0 Å². The number of hydrogen-bond acceptors (Lipinski definition) is 3. The number of nitrogens with zero attached hydrogens (tertiary/aromatic N) is 1. The van der Waals surface area contributed by atoms with Crippen LogP contribution >= 0.6 is 0 Å². The van der Waals surface area contributed by atoms with E-state index in [0.29, 0.717) is 6.04 Å². The summed E-state index contributed by atoms with van der Waals surface area (Å²) in [6.45, 7) is 7.57. The molecule has 12 heavy (non-hydrogen) atoms. The average Bonchev–Trinajstić information content (AvgIpc) is 2.57. The predicted octanol–water partition coefficient (Wildman–Crippen LogP) is 0.0690. The van der Waals surface area contributed by atoms with Crippen LogP contribution in [0.5, 0.6) is 0 Å². The van der Waals surface area contributed by atoms with E-state index in [0.717, 1.165) is 25.8 Å². The zero-order valence-corrected chi connectivity index (χ0v) is 7.75. The van der Waals surface area contributed by atoms with E-state index in [2.05, 4.69) is 17.1 Å². The first-order valence-electron chi connectivity index (χ1n) is 4.92. The van der Waals surface area contributed by atoms with Gasteiger partial charge in [-0.15, -0.1) is 0 Å². The Kier molecular flexibility index (Phi) is 2.63. The Bertz CT molecular complexity index is 145. The summed E-state index contributed by atoms with van der Waals surface area (Å²) in [4.78, 5) is 2.59. The van der Waals surface area contributed by atoms with Crippen molar-refractivity contribution in [3.63, 3.8) is 0 Å². The summed E-state index contributed by atoms with van der Waals surface area (Å²) in [7, 11) is 0. The molecule has 0 aromatic carbocycles. The Hall–Kier alpha value is -0.120. The van der Waals surface area contributed by atoms with Crippen LogP contribution in [0, 0.1) is 0 Å². The number of morpholine rings is 1. The van der Waals surface area contributed by atoms with Crippen LogP contribution in [-0.2, 0) is 4.74 Å². The summed E-state index contributed by atoms with van der Waals surface area (Å²) in [5.41, 5.74) is 0. The van der Waals surface area contributed by atoms with Gasteiger partial charge in [0.1, 0.15) is 0 Å². The Morgan fingerprint density at radius 2 is 2.42 bits per heavy atom. The predicted molar refractivity (Wildman–Crippen MR) is 48.3 cm³/mol. The lowest BCUT2D eigenvalue weighted by atomic mass is 10.1. The van der Waals surface area contributed by atoms with Gasteiger partial charge < -0.3 is 10.1 Å². The van der Waals surface area contributed by atoms with Crippen molar-refractivity contribution in [3.05, 3.63) is 0 Å². The summed E-state index contributed by atoms with van der Waals surface area (Å²) >= 11 is 0. The third kappa shape index (κ3) is 1.63.